The van der Waals surface area contributed by atoms with Gasteiger partial charge in [-0.1, -0.05) is 12.1 Å². The molecule has 0 saturated heterocycles. The van der Waals surface area contributed by atoms with Gasteiger partial charge in [0.2, 0.25) is 0 Å². The number of carbonyl (C=O) groups excluding carboxylic acids is 1. The third-order valence-electron chi connectivity index (χ3n) is 2.51. The molecule has 0 atom stereocenters. The maximum absolute atomic E-state index is 13.1. The van der Waals surface area contributed by atoms with Gasteiger partial charge >= 0.3 is 6.36 Å². The normalized spacial score (nSPS) is 11.3. The Labute approximate surface area is 125 Å². The average molecular weight is 363 g/mol. The van der Waals surface area contributed by atoms with Gasteiger partial charge in [-0.05, 0) is 46.3 Å². The van der Waals surface area contributed by atoms with Crippen LogP contribution < -0.4 is 4.74 Å². The van der Waals surface area contributed by atoms with Crippen molar-refractivity contribution in [3.8, 4) is 5.75 Å². The molecule has 2 aromatic carbocycles. The number of halogens is 5. The molecule has 21 heavy (non-hydrogen) atoms. The lowest BCUT2D eigenvalue weighted by atomic mass is 10.0. The fourth-order valence-electron chi connectivity index (χ4n) is 1.64. The van der Waals surface area contributed by atoms with Gasteiger partial charge in [-0.3, -0.25) is 4.79 Å². The summed E-state index contributed by atoms with van der Waals surface area (Å²) < 4.78 is 53.4. The summed E-state index contributed by atoms with van der Waals surface area (Å²) in [6.45, 7) is 0. The molecule has 0 unspecified atom stereocenters. The number of ether oxygens (including phenoxy) is 1. The summed E-state index contributed by atoms with van der Waals surface area (Å²) in [5.74, 6) is -1.57. The summed E-state index contributed by atoms with van der Waals surface area (Å²) in [5.41, 5.74) is 0.155. The highest BCUT2D eigenvalue weighted by Crippen LogP contribution is 2.25. The molecule has 0 saturated carbocycles. The van der Waals surface area contributed by atoms with Gasteiger partial charge in [-0.25, -0.2) is 4.39 Å². The maximum atomic E-state index is 13.1. The Balaban J connectivity index is 2.31. The minimum absolute atomic E-state index is 0.00950. The highest BCUT2D eigenvalue weighted by Gasteiger charge is 2.31. The summed E-state index contributed by atoms with van der Waals surface area (Å²) >= 11 is 2.94. The van der Waals surface area contributed by atoms with E-state index in [1.54, 1.807) is 0 Å². The molecule has 0 spiro atoms. The predicted octanol–water partition coefficient (Wildman–Crippen LogP) is 4.72. The van der Waals surface area contributed by atoms with Crippen LogP contribution in [0.25, 0.3) is 0 Å². The first kappa shape index (κ1) is 15.5. The minimum Gasteiger partial charge on any atom is -0.406 e. The lowest BCUT2D eigenvalue weighted by Gasteiger charge is -2.09. The topological polar surface area (TPSA) is 26.3 Å². The van der Waals surface area contributed by atoms with Crippen molar-refractivity contribution in [3.63, 3.8) is 0 Å². The van der Waals surface area contributed by atoms with Crippen molar-refractivity contribution in [1.82, 2.24) is 0 Å². The van der Waals surface area contributed by atoms with Crippen LogP contribution in [-0.2, 0) is 0 Å². The van der Waals surface area contributed by atoms with Crippen LogP contribution in [0, 0.1) is 5.82 Å². The molecule has 0 fully saturated rings. The number of alkyl halides is 3. The average Bonchev–Trinajstić information content (AvgIpc) is 2.39. The van der Waals surface area contributed by atoms with Crippen LogP contribution in [0.1, 0.15) is 15.9 Å². The Bertz CT molecular complexity index is 683. The van der Waals surface area contributed by atoms with Gasteiger partial charge in [0, 0.05) is 11.1 Å². The van der Waals surface area contributed by atoms with E-state index in [9.17, 15) is 22.4 Å². The summed E-state index contributed by atoms with van der Waals surface area (Å²) in [6.07, 6.45) is -4.83. The maximum Gasteiger partial charge on any atom is 0.573 e. The number of hydrogen-bond donors (Lipinski definition) is 0. The molecule has 0 aliphatic rings. The molecule has 2 nitrogen and oxygen atoms in total. The van der Waals surface area contributed by atoms with E-state index in [0.717, 1.165) is 18.2 Å². The Hall–Kier alpha value is -1.89. The highest BCUT2D eigenvalue weighted by atomic mass is 79.9. The molecule has 0 aromatic heterocycles. The molecule has 2 rings (SSSR count). The fourth-order valence-corrected chi connectivity index (χ4v) is 2.02. The predicted molar refractivity (Wildman–Crippen MR) is 70.7 cm³/mol. The van der Waals surface area contributed by atoms with Crippen LogP contribution in [0.2, 0.25) is 0 Å². The molecular formula is C14H7BrF4O2. The zero-order valence-electron chi connectivity index (χ0n) is 10.2. The monoisotopic (exact) mass is 362 g/mol. The van der Waals surface area contributed by atoms with Gasteiger partial charge < -0.3 is 4.74 Å². The molecular weight excluding hydrogens is 356 g/mol. The molecule has 2 aromatic rings. The van der Waals surface area contributed by atoms with Gasteiger partial charge in [0.05, 0.1) is 4.47 Å². The van der Waals surface area contributed by atoms with Crippen molar-refractivity contribution in [1.29, 1.82) is 0 Å². The molecule has 0 N–H and O–H groups in total. The fraction of sp³-hybridized carbons (Fsp3) is 0.0714. The minimum atomic E-state index is -4.83. The van der Waals surface area contributed by atoms with Gasteiger partial charge in [0.1, 0.15) is 11.6 Å². The largest absolute Gasteiger partial charge is 0.573 e. The third kappa shape index (κ3) is 4.04. The number of hydrogen-bond acceptors (Lipinski definition) is 2. The number of rotatable bonds is 3. The first-order chi connectivity index (χ1) is 9.76. The Morgan fingerprint density at radius 3 is 2.33 bits per heavy atom. The van der Waals surface area contributed by atoms with Gasteiger partial charge in [-0.15, -0.1) is 13.2 Å². The van der Waals surface area contributed by atoms with Crippen molar-refractivity contribution in [3.05, 3.63) is 63.9 Å². The van der Waals surface area contributed by atoms with E-state index in [2.05, 4.69) is 20.7 Å². The van der Waals surface area contributed by atoms with Crippen molar-refractivity contribution in [2.75, 3.05) is 0 Å². The van der Waals surface area contributed by atoms with E-state index < -0.39 is 23.7 Å². The molecule has 110 valence electrons. The second-order valence-corrected chi connectivity index (χ2v) is 4.89. The van der Waals surface area contributed by atoms with Crippen molar-refractivity contribution >= 4 is 21.7 Å². The van der Waals surface area contributed by atoms with E-state index in [0.29, 0.717) is 0 Å². The molecule has 0 heterocycles. The number of ketones is 1. The van der Waals surface area contributed by atoms with E-state index in [-0.39, 0.29) is 15.6 Å². The second kappa shape index (κ2) is 5.85. The van der Waals surface area contributed by atoms with Crippen LogP contribution in [0.3, 0.4) is 0 Å². The quantitative estimate of drug-likeness (QED) is 0.583. The van der Waals surface area contributed by atoms with Crippen molar-refractivity contribution < 1.29 is 27.1 Å². The molecule has 0 radical (unpaired) electrons. The van der Waals surface area contributed by atoms with Crippen molar-refractivity contribution in [2.45, 2.75) is 6.36 Å². The van der Waals surface area contributed by atoms with Gasteiger partial charge in [0.15, 0.2) is 5.78 Å². The van der Waals surface area contributed by atoms with Crippen LogP contribution >= 0.6 is 15.9 Å². The lowest BCUT2D eigenvalue weighted by molar-refractivity contribution is -0.274. The molecule has 7 heteroatoms. The second-order valence-electron chi connectivity index (χ2n) is 4.03. The van der Waals surface area contributed by atoms with E-state index in [4.69, 9.17) is 0 Å². The van der Waals surface area contributed by atoms with Gasteiger partial charge in [-0.2, -0.15) is 0 Å². The first-order valence-electron chi connectivity index (χ1n) is 5.62. The lowest BCUT2D eigenvalue weighted by Crippen LogP contribution is -2.17. The summed E-state index contributed by atoms with van der Waals surface area (Å²) in [6, 6.07) is 8.29. The molecule has 0 aliphatic carbocycles. The highest BCUT2D eigenvalue weighted by molar-refractivity contribution is 9.10. The Morgan fingerprint density at radius 2 is 1.71 bits per heavy atom. The van der Waals surface area contributed by atoms with E-state index in [1.807, 2.05) is 0 Å². The summed E-state index contributed by atoms with van der Waals surface area (Å²) in [5, 5.41) is 0. The van der Waals surface area contributed by atoms with Crippen LogP contribution in [0.4, 0.5) is 17.6 Å². The number of carbonyl (C=O) groups is 1. The molecule has 0 aliphatic heterocycles. The zero-order chi connectivity index (χ0) is 15.6. The zero-order valence-corrected chi connectivity index (χ0v) is 11.8. The van der Waals surface area contributed by atoms with E-state index >= 15 is 0 Å². The Morgan fingerprint density at radius 1 is 1.05 bits per heavy atom. The Kier molecular flexibility index (Phi) is 4.32. The van der Waals surface area contributed by atoms with Crippen LogP contribution in [-0.4, -0.2) is 12.1 Å². The number of benzene rings is 2. The molecule has 0 bridgehead atoms. The smallest absolute Gasteiger partial charge is 0.406 e. The summed E-state index contributed by atoms with van der Waals surface area (Å²) in [4.78, 5) is 12.1. The standard InChI is InChI=1S/C14H7BrF4O2/c15-11-7-9(4-5-12(11)16)13(20)8-2-1-3-10(6-8)21-14(17,18)19/h1-7H. The third-order valence-corrected chi connectivity index (χ3v) is 3.12. The van der Waals surface area contributed by atoms with E-state index in [1.165, 1.54) is 24.3 Å². The van der Waals surface area contributed by atoms with Gasteiger partial charge in [0.25, 0.3) is 0 Å². The summed E-state index contributed by atoms with van der Waals surface area (Å²) in [7, 11) is 0. The van der Waals surface area contributed by atoms with Crippen molar-refractivity contribution in [2.24, 2.45) is 0 Å². The van der Waals surface area contributed by atoms with Crippen LogP contribution in [0.5, 0.6) is 5.75 Å². The SMILES string of the molecule is O=C(c1cccc(OC(F)(F)F)c1)c1ccc(F)c(Br)c1. The molecule has 0 amide bonds. The van der Waals surface area contributed by atoms with Crippen LogP contribution in [0.15, 0.2) is 46.9 Å². The first-order valence-corrected chi connectivity index (χ1v) is 6.41.